The first kappa shape index (κ1) is 28.8. The van der Waals surface area contributed by atoms with Crippen molar-refractivity contribution in [2.75, 3.05) is 0 Å². The zero-order valence-electron chi connectivity index (χ0n) is 21.8. The number of benzene rings is 2. The fourth-order valence-electron chi connectivity index (χ4n) is 5.08. The SMILES string of the molecule is CCCCCCCCCCc1cc(CCCCCCCCCC)c2ccccc2c1S(=O)(=O)O. The summed E-state index contributed by atoms with van der Waals surface area (Å²) in [4.78, 5) is 0.130. The van der Waals surface area contributed by atoms with Gasteiger partial charge in [-0.1, -0.05) is 134 Å². The first-order valence-electron chi connectivity index (χ1n) is 14.0. The minimum absolute atomic E-state index is 0.130. The standard InChI is InChI=1S/C30H48O3S/c1-3-5-7-9-11-13-15-17-21-26-25-27(22-18-16-14-12-10-8-6-4-2)30(34(31,32)33)29-24-20-19-23-28(26)29/h19-20,23-25H,3-18,21-22H2,1-2H3,(H,31,32,33). The van der Waals surface area contributed by atoms with Crippen LogP contribution >= 0.6 is 0 Å². The van der Waals surface area contributed by atoms with Crippen molar-refractivity contribution in [1.29, 1.82) is 0 Å². The lowest BCUT2D eigenvalue weighted by molar-refractivity contribution is 0.482. The lowest BCUT2D eigenvalue weighted by Gasteiger charge is -2.15. The van der Waals surface area contributed by atoms with Crippen LogP contribution in [0.15, 0.2) is 35.2 Å². The van der Waals surface area contributed by atoms with E-state index >= 15 is 0 Å². The Balaban J connectivity index is 2.04. The van der Waals surface area contributed by atoms with Gasteiger partial charge in [-0.05, 0) is 42.2 Å². The molecule has 0 saturated heterocycles. The Morgan fingerprint density at radius 1 is 0.588 bits per heavy atom. The summed E-state index contributed by atoms with van der Waals surface area (Å²) in [6, 6.07) is 9.77. The first-order valence-corrected chi connectivity index (χ1v) is 15.4. The topological polar surface area (TPSA) is 54.4 Å². The summed E-state index contributed by atoms with van der Waals surface area (Å²) in [5.41, 5.74) is 2.02. The van der Waals surface area contributed by atoms with Gasteiger partial charge in [0.1, 0.15) is 4.90 Å². The van der Waals surface area contributed by atoms with Crippen molar-refractivity contribution in [2.24, 2.45) is 0 Å². The molecule has 2 aromatic rings. The Kier molecular flexibility index (Phi) is 13.8. The van der Waals surface area contributed by atoms with E-state index in [0.29, 0.717) is 11.8 Å². The van der Waals surface area contributed by atoms with Crippen LogP contribution in [0.4, 0.5) is 0 Å². The van der Waals surface area contributed by atoms with Crippen LogP contribution in [-0.4, -0.2) is 13.0 Å². The smallest absolute Gasteiger partial charge is 0.282 e. The first-order chi connectivity index (χ1) is 16.5. The van der Waals surface area contributed by atoms with Gasteiger partial charge >= 0.3 is 0 Å². The van der Waals surface area contributed by atoms with Crippen LogP contribution in [-0.2, 0) is 23.0 Å². The third kappa shape index (κ3) is 10.1. The maximum Gasteiger partial charge on any atom is 0.295 e. The maximum absolute atomic E-state index is 12.4. The monoisotopic (exact) mass is 488 g/mol. The molecule has 0 aromatic heterocycles. The predicted octanol–water partition coefficient (Wildman–Crippen LogP) is 9.45. The number of hydrogen-bond donors (Lipinski definition) is 1. The summed E-state index contributed by atoms with van der Waals surface area (Å²) in [5.74, 6) is 0. The molecule has 0 atom stereocenters. The molecule has 0 aliphatic carbocycles. The maximum atomic E-state index is 12.4. The molecule has 34 heavy (non-hydrogen) atoms. The van der Waals surface area contributed by atoms with Crippen LogP contribution in [0.5, 0.6) is 0 Å². The second kappa shape index (κ2) is 16.3. The number of aryl methyl sites for hydroxylation is 2. The van der Waals surface area contributed by atoms with Gasteiger partial charge in [0.05, 0.1) is 0 Å². The summed E-state index contributed by atoms with van der Waals surface area (Å²) in [6.07, 6.45) is 21.6. The second-order valence-electron chi connectivity index (χ2n) is 9.99. The Bertz CT molecular complexity index is 933. The quantitative estimate of drug-likeness (QED) is 0.158. The van der Waals surface area contributed by atoms with E-state index in [2.05, 4.69) is 19.9 Å². The third-order valence-electron chi connectivity index (χ3n) is 7.02. The molecule has 4 heteroatoms. The molecule has 0 bridgehead atoms. The van der Waals surface area contributed by atoms with Gasteiger partial charge in [0.25, 0.3) is 10.1 Å². The molecular weight excluding hydrogens is 440 g/mol. The minimum atomic E-state index is -4.27. The molecule has 0 fully saturated rings. The normalized spacial score (nSPS) is 12.0. The molecule has 2 rings (SSSR count). The number of rotatable bonds is 19. The molecule has 0 amide bonds. The summed E-state index contributed by atoms with van der Waals surface area (Å²) in [7, 11) is -4.27. The largest absolute Gasteiger partial charge is 0.295 e. The molecule has 0 heterocycles. The zero-order valence-corrected chi connectivity index (χ0v) is 22.6. The highest BCUT2D eigenvalue weighted by molar-refractivity contribution is 7.86. The van der Waals surface area contributed by atoms with Crippen molar-refractivity contribution >= 4 is 20.9 Å². The molecule has 0 spiro atoms. The highest BCUT2D eigenvalue weighted by atomic mass is 32.2. The van der Waals surface area contributed by atoms with E-state index in [1.54, 1.807) is 0 Å². The van der Waals surface area contributed by atoms with Crippen LogP contribution in [0.2, 0.25) is 0 Å². The van der Waals surface area contributed by atoms with Gasteiger partial charge in [-0.3, -0.25) is 4.55 Å². The Labute approximate surface area is 209 Å². The summed E-state index contributed by atoms with van der Waals surface area (Å²) < 4.78 is 34.8. The van der Waals surface area contributed by atoms with E-state index < -0.39 is 10.1 Å². The van der Waals surface area contributed by atoms with Crippen molar-refractivity contribution in [3.05, 3.63) is 41.5 Å². The number of unbranched alkanes of at least 4 members (excludes halogenated alkanes) is 14. The predicted molar refractivity (Wildman–Crippen MR) is 146 cm³/mol. The lowest BCUT2D eigenvalue weighted by atomic mass is 9.94. The molecule has 0 aliphatic rings. The number of fused-ring (bicyclic) bond motifs is 1. The summed E-state index contributed by atoms with van der Waals surface area (Å²) in [5, 5.41) is 1.65. The minimum Gasteiger partial charge on any atom is -0.282 e. The van der Waals surface area contributed by atoms with Crippen molar-refractivity contribution in [1.82, 2.24) is 0 Å². The molecule has 1 N–H and O–H groups in total. The van der Waals surface area contributed by atoms with Crippen molar-refractivity contribution in [3.8, 4) is 0 Å². The number of hydrogen-bond acceptors (Lipinski definition) is 2. The zero-order chi connectivity index (χ0) is 24.7. The van der Waals surface area contributed by atoms with Gasteiger partial charge in [-0.25, -0.2) is 0 Å². The molecule has 2 aromatic carbocycles. The van der Waals surface area contributed by atoms with Crippen molar-refractivity contribution in [3.63, 3.8) is 0 Å². The van der Waals surface area contributed by atoms with E-state index in [1.807, 2.05) is 24.3 Å². The average molecular weight is 489 g/mol. The van der Waals surface area contributed by atoms with Gasteiger partial charge in [-0.15, -0.1) is 0 Å². The van der Waals surface area contributed by atoms with Gasteiger partial charge in [0.2, 0.25) is 0 Å². The molecular formula is C30H48O3S. The fraction of sp³-hybridized carbons (Fsp3) is 0.667. The van der Waals surface area contributed by atoms with E-state index in [4.69, 9.17) is 0 Å². The van der Waals surface area contributed by atoms with Crippen LogP contribution in [0.3, 0.4) is 0 Å². The van der Waals surface area contributed by atoms with E-state index in [1.165, 1.54) is 89.0 Å². The molecule has 0 radical (unpaired) electrons. The molecule has 0 saturated carbocycles. The molecule has 3 nitrogen and oxygen atoms in total. The van der Waals surface area contributed by atoms with E-state index in [0.717, 1.165) is 36.6 Å². The van der Waals surface area contributed by atoms with Gasteiger partial charge in [0, 0.05) is 5.39 Å². The highest BCUT2D eigenvalue weighted by Crippen LogP contribution is 2.32. The average Bonchev–Trinajstić information content (AvgIpc) is 2.81. The van der Waals surface area contributed by atoms with E-state index in [-0.39, 0.29) is 4.90 Å². The van der Waals surface area contributed by atoms with Gasteiger partial charge in [0.15, 0.2) is 0 Å². The molecule has 0 unspecified atom stereocenters. The summed E-state index contributed by atoms with van der Waals surface area (Å²) >= 11 is 0. The van der Waals surface area contributed by atoms with Crippen molar-refractivity contribution in [2.45, 2.75) is 134 Å². The highest BCUT2D eigenvalue weighted by Gasteiger charge is 2.21. The summed E-state index contributed by atoms with van der Waals surface area (Å²) in [6.45, 7) is 4.49. The van der Waals surface area contributed by atoms with Crippen LogP contribution in [0.1, 0.15) is 128 Å². The third-order valence-corrected chi connectivity index (χ3v) is 8.01. The van der Waals surface area contributed by atoms with Gasteiger partial charge < -0.3 is 0 Å². The van der Waals surface area contributed by atoms with Gasteiger partial charge in [-0.2, -0.15) is 8.42 Å². The van der Waals surface area contributed by atoms with Crippen LogP contribution in [0.25, 0.3) is 10.8 Å². The Hall–Kier alpha value is -1.39. The van der Waals surface area contributed by atoms with E-state index in [9.17, 15) is 13.0 Å². The molecule has 192 valence electrons. The Morgan fingerprint density at radius 3 is 1.47 bits per heavy atom. The van der Waals surface area contributed by atoms with Crippen molar-refractivity contribution < 1.29 is 13.0 Å². The Morgan fingerprint density at radius 2 is 1.00 bits per heavy atom. The van der Waals surface area contributed by atoms with Crippen LogP contribution in [0, 0.1) is 0 Å². The fourth-order valence-corrected chi connectivity index (χ4v) is 6.03. The molecule has 0 aliphatic heterocycles. The lowest BCUT2D eigenvalue weighted by Crippen LogP contribution is -2.06. The van der Waals surface area contributed by atoms with Crippen LogP contribution < -0.4 is 0 Å². The second-order valence-corrected chi connectivity index (χ2v) is 11.4.